The summed E-state index contributed by atoms with van der Waals surface area (Å²) in [6.07, 6.45) is -3.58. The SMILES string of the molecule is O=C(Nc1nc2c(ncn2[C@@H]2O[C@H](CO)[C@@H](O)[C@H]2O)c(=O)[nH]1)c1ccc2ccccc2c1. The molecule has 164 valence electrons. The third-order valence-corrected chi connectivity index (χ3v) is 5.47. The largest absolute Gasteiger partial charge is 0.394 e. The van der Waals surface area contributed by atoms with E-state index in [2.05, 4.69) is 20.3 Å². The van der Waals surface area contributed by atoms with E-state index in [1.807, 2.05) is 30.3 Å². The number of hydrogen-bond acceptors (Lipinski definition) is 8. The van der Waals surface area contributed by atoms with Gasteiger partial charge in [-0.3, -0.25) is 24.5 Å². The van der Waals surface area contributed by atoms with Crippen molar-refractivity contribution in [2.24, 2.45) is 0 Å². The summed E-state index contributed by atoms with van der Waals surface area (Å²) in [5, 5.41) is 34.0. The summed E-state index contributed by atoms with van der Waals surface area (Å²) in [5.74, 6) is -0.591. The Bertz CT molecular complexity index is 1380. The van der Waals surface area contributed by atoms with Gasteiger partial charge in [0.25, 0.3) is 11.5 Å². The zero-order valence-electron chi connectivity index (χ0n) is 16.5. The lowest BCUT2D eigenvalue weighted by Gasteiger charge is -2.16. The first kappa shape index (κ1) is 20.3. The van der Waals surface area contributed by atoms with Crippen molar-refractivity contribution >= 4 is 33.8 Å². The number of aromatic nitrogens is 4. The highest BCUT2D eigenvalue weighted by Crippen LogP contribution is 2.31. The first-order valence-electron chi connectivity index (χ1n) is 9.85. The number of rotatable bonds is 4. The van der Waals surface area contributed by atoms with Crippen LogP contribution in [0, 0.1) is 0 Å². The van der Waals surface area contributed by atoms with Crippen molar-refractivity contribution in [2.45, 2.75) is 24.5 Å². The van der Waals surface area contributed by atoms with Gasteiger partial charge in [-0.1, -0.05) is 30.3 Å². The average Bonchev–Trinajstić information content (AvgIpc) is 3.34. The van der Waals surface area contributed by atoms with Crippen LogP contribution >= 0.6 is 0 Å². The maximum absolute atomic E-state index is 12.7. The Hall–Kier alpha value is -3.64. The van der Waals surface area contributed by atoms with Crippen molar-refractivity contribution < 1.29 is 24.9 Å². The van der Waals surface area contributed by atoms with Gasteiger partial charge >= 0.3 is 0 Å². The molecule has 32 heavy (non-hydrogen) atoms. The van der Waals surface area contributed by atoms with Crippen molar-refractivity contribution in [3.63, 3.8) is 0 Å². The molecule has 1 fully saturated rings. The summed E-state index contributed by atoms with van der Waals surface area (Å²) in [6.45, 7) is -0.498. The fourth-order valence-electron chi connectivity index (χ4n) is 3.79. The molecule has 1 aliphatic heterocycles. The minimum Gasteiger partial charge on any atom is -0.394 e. The molecule has 2 aromatic heterocycles. The van der Waals surface area contributed by atoms with Crippen LogP contribution in [-0.2, 0) is 4.74 Å². The number of amides is 1. The predicted molar refractivity (Wildman–Crippen MR) is 113 cm³/mol. The molecule has 4 aromatic rings. The summed E-state index contributed by atoms with van der Waals surface area (Å²) in [5.41, 5.74) is -0.221. The number of H-pyrrole nitrogens is 1. The smallest absolute Gasteiger partial charge is 0.280 e. The molecule has 5 rings (SSSR count). The number of carbonyl (C=O) groups excluding carboxylic acids is 1. The highest BCUT2D eigenvalue weighted by atomic mass is 16.6. The van der Waals surface area contributed by atoms with Crippen molar-refractivity contribution in [3.05, 3.63) is 64.7 Å². The van der Waals surface area contributed by atoms with Gasteiger partial charge < -0.3 is 20.1 Å². The average molecular weight is 437 g/mol. The molecule has 0 radical (unpaired) electrons. The molecule has 0 unspecified atom stereocenters. The molecule has 5 N–H and O–H groups in total. The van der Waals surface area contributed by atoms with Crippen molar-refractivity contribution in [3.8, 4) is 0 Å². The van der Waals surface area contributed by atoms with Gasteiger partial charge in [-0.25, -0.2) is 4.98 Å². The number of carbonyl (C=O) groups is 1. The summed E-state index contributed by atoms with van der Waals surface area (Å²) in [4.78, 5) is 35.9. The number of nitrogens with one attached hydrogen (secondary N) is 2. The lowest BCUT2D eigenvalue weighted by atomic mass is 10.1. The van der Waals surface area contributed by atoms with Crippen LogP contribution in [0.2, 0.25) is 0 Å². The molecule has 1 amide bonds. The zero-order valence-corrected chi connectivity index (χ0v) is 16.5. The van der Waals surface area contributed by atoms with Gasteiger partial charge in [0, 0.05) is 5.56 Å². The Morgan fingerprint density at radius 1 is 1.16 bits per heavy atom. The van der Waals surface area contributed by atoms with Gasteiger partial charge in [0.15, 0.2) is 17.4 Å². The molecule has 11 heteroatoms. The van der Waals surface area contributed by atoms with Crippen molar-refractivity contribution in [1.29, 1.82) is 0 Å². The molecule has 1 saturated heterocycles. The topological polar surface area (TPSA) is 163 Å². The normalized spacial score (nSPS) is 23.1. The van der Waals surface area contributed by atoms with Crippen LogP contribution in [0.1, 0.15) is 16.6 Å². The number of hydrogen-bond donors (Lipinski definition) is 5. The number of aromatic amines is 1. The van der Waals surface area contributed by atoms with Crippen LogP contribution in [0.15, 0.2) is 53.6 Å². The molecule has 11 nitrogen and oxygen atoms in total. The van der Waals surface area contributed by atoms with Gasteiger partial charge in [-0.15, -0.1) is 0 Å². The van der Waals surface area contributed by atoms with Crippen LogP contribution in [0.5, 0.6) is 0 Å². The highest BCUT2D eigenvalue weighted by molar-refractivity contribution is 6.05. The second-order valence-electron chi connectivity index (χ2n) is 7.48. The van der Waals surface area contributed by atoms with Gasteiger partial charge in [-0.2, -0.15) is 4.98 Å². The van der Waals surface area contributed by atoms with Crippen molar-refractivity contribution in [1.82, 2.24) is 19.5 Å². The van der Waals surface area contributed by atoms with Crippen LogP contribution in [0.4, 0.5) is 5.95 Å². The standard InChI is InChI=1S/C21H19N5O6/c27-8-13-15(28)16(29)20(32-13)26-9-22-14-17(26)23-21(25-19(14)31)24-18(30)12-6-5-10-3-1-2-4-11(10)7-12/h1-7,9,13,15-16,20,27-29H,8H2,(H2,23,24,25,30,31)/t13-,15-,16-,20-/m1/s1. The molecular weight excluding hydrogens is 418 g/mol. The summed E-state index contributed by atoms with van der Waals surface area (Å²) < 4.78 is 6.77. The lowest BCUT2D eigenvalue weighted by molar-refractivity contribution is -0.0511. The van der Waals surface area contributed by atoms with Gasteiger partial charge in [0.1, 0.15) is 18.3 Å². The first-order valence-corrected chi connectivity index (χ1v) is 9.85. The number of imidazole rings is 1. The maximum atomic E-state index is 12.7. The molecule has 0 bridgehead atoms. The molecule has 4 atom stereocenters. The number of aliphatic hydroxyl groups is 3. The van der Waals surface area contributed by atoms with E-state index in [1.54, 1.807) is 12.1 Å². The Labute approximate surface area is 179 Å². The number of aliphatic hydroxyl groups excluding tert-OH is 3. The van der Waals surface area contributed by atoms with Gasteiger partial charge in [0.2, 0.25) is 5.95 Å². The number of ether oxygens (including phenoxy) is 1. The van der Waals surface area contributed by atoms with E-state index in [-0.39, 0.29) is 17.1 Å². The van der Waals surface area contributed by atoms with E-state index >= 15 is 0 Å². The van der Waals surface area contributed by atoms with E-state index in [1.165, 1.54) is 10.9 Å². The number of nitrogens with zero attached hydrogens (tertiary/aromatic N) is 3. The molecule has 0 saturated carbocycles. The van der Waals surface area contributed by atoms with Gasteiger partial charge in [-0.05, 0) is 22.9 Å². The van der Waals surface area contributed by atoms with E-state index in [4.69, 9.17) is 4.74 Å². The summed E-state index contributed by atoms with van der Waals surface area (Å²) >= 11 is 0. The molecule has 0 aliphatic carbocycles. The number of anilines is 1. The molecule has 1 aliphatic rings. The third kappa shape index (κ3) is 3.33. The van der Waals surface area contributed by atoms with Crippen LogP contribution < -0.4 is 10.9 Å². The monoisotopic (exact) mass is 437 g/mol. The summed E-state index contributed by atoms with van der Waals surface area (Å²) in [7, 11) is 0. The van der Waals surface area contributed by atoms with E-state index in [9.17, 15) is 24.9 Å². The fraction of sp³-hybridized carbons (Fsp3) is 0.238. The van der Waals surface area contributed by atoms with Crippen LogP contribution in [-0.4, -0.2) is 65.7 Å². The Balaban J connectivity index is 1.48. The quantitative estimate of drug-likeness (QED) is 0.301. The van der Waals surface area contributed by atoms with Crippen LogP contribution in [0.25, 0.3) is 21.9 Å². The van der Waals surface area contributed by atoms with E-state index in [0.717, 1.165) is 10.8 Å². The molecule has 0 spiro atoms. The highest BCUT2D eigenvalue weighted by Gasteiger charge is 2.44. The molecular formula is C21H19N5O6. The second-order valence-corrected chi connectivity index (χ2v) is 7.48. The molecule has 3 heterocycles. The Morgan fingerprint density at radius 2 is 1.94 bits per heavy atom. The predicted octanol–water partition coefficient (Wildman–Crippen LogP) is 0.137. The summed E-state index contributed by atoms with van der Waals surface area (Å²) in [6, 6.07) is 12.8. The number of fused-ring (bicyclic) bond motifs is 2. The van der Waals surface area contributed by atoms with Crippen LogP contribution in [0.3, 0.4) is 0 Å². The third-order valence-electron chi connectivity index (χ3n) is 5.47. The van der Waals surface area contributed by atoms with E-state index in [0.29, 0.717) is 5.56 Å². The van der Waals surface area contributed by atoms with E-state index < -0.39 is 42.6 Å². The Morgan fingerprint density at radius 3 is 2.69 bits per heavy atom. The molecule has 2 aromatic carbocycles. The fourth-order valence-corrected chi connectivity index (χ4v) is 3.79. The minimum absolute atomic E-state index is 0.0357. The lowest BCUT2D eigenvalue weighted by Crippen LogP contribution is -2.33. The second kappa shape index (κ2) is 7.80. The first-order chi connectivity index (χ1) is 15.5. The van der Waals surface area contributed by atoms with Gasteiger partial charge in [0.05, 0.1) is 12.9 Å². The minimum atomic E-state index is -1.37. The van der Waals surface area contributed by atoms with Crippen molar-refractivity contribution in [2.75, 3.05) is 11.9 Å². The zero-order chi connectivity index (χ0) is 22.4. The maximum Gasteiger partial charge on any atom is 0.280 e. The number of benzene rings is 2. The Kier molecular flexibility index (Phi) is 4.94.